The third-order valence-electron chi connectivity index (χ3n) is 14.1. The standard InChI is InChI=1S/C55H109NO9/c1-3-5-7-9-11-13-15-17-18-19-20-21-22-23-24-25-26-27-28-29-30-32-34-36-38-40-42-44-50(59)56-47(46-64-55-54(63)53(62)52(61)49(45-57)65-55)51(60)48(58)43-41-39-37-35-33-31-16-14-12-10-8-6-4-2/h47-49,51-55,57-58,60-63H,3-46H2,1-2H3,(H,56,59)/t47-,48+,49+,51-,52-,53?,54?,55+/m0/s1. The third-order valence-corrected chi connectivity index (χ3v) is 14.1. The maximum Gasteiger partial charge on any atom is 0.220 e. The molecule has 0 radical (unpaired) electrons. The molecule has 65 heavy (non-hydrogen) atoms. The van der Waals surface area contributed by atoms with Crippen LogP contribution in [0.5, 0.6) is 0 Å². The Bertz CT molecular complexity index is 1000. The summed E-state index contributed by atoms with van der Waals surface area (Å²) in [4.78, 5) is 13.1. The van der Waals surface area contributed by atoms with E-state index in [1.807, 2.05) is 0 Å². The molecule has 0 spiro atoms. The van der Waals surface area contributed by atoms with Gasteiger partial charge in [-0.25, -0.2) is 0 Å². The smallest absolute Gasteiger partial charge is 0.220 e. The van der Waals surface area contributed by atoms with Crippen LogP contribution in [0, 0.1) is 0 Å². The van der Waals surface area contributed by atoms with Gasteiger partial charge < -0.3 is 45.4 Å². The van der Waals surface area contributed by atoms with Crippen LogP contribution < -0.4 is 5.32 Å². The lowest BCUT2D eigenvalue weighted by Crippen LogP contribution is -2.60. The summed E-state index contributed by atoms with van der Waals surface area (Å²) in [6.45, 7) is 3.64. The van der Waals surface area contributed by atoms with Gasteiger partial charge in [0.1, 0.15) is 30.5 Å². The normalized spacial score (nSPS) is 20.3. The zero-order chi connectivity index (χ0) is 47.4. The van der Waals surface area contributed by atoms with Crippen LogP contribution in [-0.4, -0.2) is 98.7 Å². The molecule has 388 valence electrons. The number of ether oxygens (including phenoxy) is 2. The van der Waals surface area contributed by atoms with E-state index in [0.717, 1.165) is 38.5 Å². The van der Waals surface area contributed by atoms with E-state index < -0.39 is 55.6 Å². The van der Waals surface area contributed by atoms with Crippen LogP contribution in [0.2, 0.25) is 0 Å². The van der Waals surface area contributed by atoms with E-state index in [0.29, 0.717) is 6.42 Å². The van der Waals surface area contributed by atoms with Crippen LogP contribution >= 0.6 is 0 Å². The molecule has 7 N–H and O–H groups in total. The predicted molar refractivity (Wildman–Crippen MR) is 269 cm³/mol. The van der Waals surface area contributed by atoms with Crippen molar-refractivity contribution in [2.75, 3.05) is 13.2 Å². The minimum absolute atomic E-state index is 0.251. The van der Waals surface area contributed by atoms with Gasteiger partial charge in [0.25, 0.3) is 0 Å². The summed E-state index contributed by atoms with van der Waals surface area (Å²) in [5.41, 5.74) is 0. The Morgan fingerprint density at radius 3 is 1.14 bits per heavy atom. The number of aliphatic hydroxyl groups excluding tert-OH is 6. The Morgan fingerprint density at radius 1 is 0.477 bits per heavy atom. The summed E-state index contributed by atoms with van der Waals surface area (Å²) in [5, 5.41) is 65.4. The Hall–Kier alpha value is -0.850. The molecule has 8 atom stereocenters. The summed E-state index contributed by atoms with van der Waals surface area (Å²) in [7, 11) is 0. The molecule has 1 aliphatic rings. The average Bonchev–Trinajstić information content (AvgIpc) is 3.31. The monoisotopic (exact) mass is 928 g/mol. The molecule has 0 aromatic rings. The van der Waals surface area contributed by atoms with Crippen molar-refractivity contribution in [1.82, 2.24) is 5.32 Å². The lowest BCUT2D eigenvalue weighted by molar-refractivity contribution is -0.303. The van der Waals surface area contributed by atoms with E-state index in [1.165, 1.54) is 218 Å². The number of rotatable bonds is 49. The molecule has 1 rings (SSSR count). The van der Waals surface area contributed by atoms with Crippen LogP contribution in [-0.2, 0) is 14.3 Å². The van der Waals surface area contributed by atoms with Gasteiger partial charge in [0.2, 0.25) is 5.91 Å². The first-order chi connectivity index (χ1) is 31.8. The maximum absolute atomic E-state index is 13.1. The molecule has 0 saturated carbocycles. The van der Waals surface area contributed by atoms with Crippen molar-refractivity contribution in [3.63, 3.8) is 0 Å². The Morgan fingerprint density at radius 2 is 0.800 bits per heavy atom. The van der Waals surface area contributed by atoms with Gasteiger partial charge in [-0.2, -0.15) is 0 Å². The van der Waals surface area contributed by atoms with Crippen LogP contribution in [0.25, 0.3) is 0 Å². The molecule has 10 heteroatoms. The van der Waals surface area contributed by atoms with Gasteiger partial charge in [0.15, 0.2) is 6.29 Å². The summed E-state index contributed by atoms with van der Waals surface area (Å²) in [6.07, 6.45) is 42.7. The van der Waals surface area contributed by atoms with E-state index in [2.05, 4.69) is 19.2 Å². The van der Waals surface area contributed by atoms with Crippen molar-refractivity contribution >= 4 is 5.91 Å². The van der Waals surface area contributed by atoms with Crippen LogP contribution in [0.4, 0.5) is 0 Å². The fourth-order valence-corrected chi connectivity index (χ4v) is 9.50. The molecule has 2 unspecified atom stereocenters. The first-order valence-electron chi connectivity index (χ1n) is 28.3. The highest BCUT2D eigenvalue weighted by Gasteiger charge is 2.44. The van der Waals surface area contributed by atoms with Gasteiger partial charge in [-0.05, 0) is 12.8 Å². The van der Waals surface area contributed by atoms with Gasteiger partial charge in [-0.1, -0.05) is 264 Å². The first-order valence-corrected chi connectivity index (χ1v) is 28.3. The molecule has 10 nitrogen and oxygen atoms in total. The predicted octanol–water partition coefficient (Wildman–Crippen LogP) is 12.4. The Labute approximate surface area is 400 Å². The van der Waals surface area contributed by atoms with Gasteiger partial charge in [0.05, 0.1) is 25.4 Å². The quantitative estimate of drug-likeness (QED) is 0.0294. The highest BCUT2D eigenvalue weighted by atomic mass is 16.7. The summed E-state index contributed by atoms with van der Waals surface area (Å²) in [5.74, 6) is -0.251. The molecule has 0 aromatic heterocycles. The van der Waals surface area contributed by atoms with E-state index in [-0.39, 0.29) is 18.9 Å². The summed E-state index contributed by atoms with van der Waals surface area (Å²) < 4.78 is 11.2. The second kappa shape index (κ2) is 45.6. The SMILES string of the molecule is CCCCCCCCCCCCCCCCCCCCCCCCCCCCCC(=O)N[C@@H](CO[C@@H]1O[C@H](CO)[C@H](O)C(O)C1O)[C@H](O)[C@H](O)CCCCCCCCCCCCCCC. The van der Waals surface area contributed by atoms with E-state index in [4.69, 9.17) is 9.47 Å². The second-order valence-corrected chi connectivity index (χ2v) is 20.2. The molecular formula is C55H109NO9. The molecule has 0 aliphatic carbocycles. The second-order valence-electron chi connectivity index (χ2n) is 20.2. The third kappa shape index (κ3) is 35.0. The van der Waals surface area contributed by atoms with Gasteiger partial charge in [0, 0.05) is 6.42 Å². The molecule has 1 heterocycles. The molecule has 1 saturated heterocycles. The fraction of sp³-hybridized carbons (Fsp3) is 0.982. The molecule has 0 aromatic carbocycles. The van der Waals surface area contributed by atoms with Crippen molar-refractivity contribution < 1.29 is 44.9 Å². The van der Waals surface area contributed by atoms with Crippen molar-refractivity contribution in [3.05, 3.63) is 0 Å². The summed E-state index contributed by atoms with van der Waals surface area (Å²) in [6, 6.07) is -0.985. The van der Waals surface area contributed by atoms with Crippen molar-refractivity contribution in [2.24, 2.45) is 0 Å². The number of aliphatic hydroxyl groups is 6. The van der Waals surface area contributed by atoms with Gasteiger partial charge >= 0.3 is 0 Å². The average molecular weight is 928 g/mol. The van der Waals surface area contributed by atoms with E-state index in [9.17, 15) is 35.4 Å². The number of hydrogen-bond donors (Lipinski definition) is 7. The zero-order valence-electron chi connectivity index (χ0n) is 42.6. The highest BCUT2D eigenvalue weighted by Crippen LogP contribution is 2.23. The topological polar surface area (TPSA) is 169 Å². The van der Waals surface area contributed by atoms with Crippen molar-refractivity contribution in [1.29, 1.82) is 0 Å². The number of amides is 1. The fourth-order valence-electron chi connectivity index (χ4n) is 9.50. The van der Waals surface area contributed by atoms with Crippen LogP contribution in [0.1, 0.15) is 284 Å². The number of hydrogen-bond acceptors (Lipinski definition) is 9. The van der Waals surface area contributed by atoms with E-state index >= 15 is 0 Å². The maximum atomic E-state index is 13.1. The number of carbonyl (C=O) groups is 1. The minimum atomic E-state index is -1.60. The minimum Gasteiger partial charge on any atom is -0.394 e. The lowest BCUT2D eigenvalue weighted by atomic mass is 9.98. The van der Waals surface area contributed by atoms with Crippen molar-refractivity contribution in [3.8, 4) is 0 Å². The molecular weight excluding hydrogens is 819 g/mol. The Kier molecular flexibility index (Phi) is 43.6. The van der Waals surface area contributed by atoms with Crippen LogP contribution in [0.3, 0.4) is 0 Å². The van der Waals surface area contributed by atoms with E-state index in [1.54, 1.807) is 0 Å². The number of carbonyl (C=O) groups excluding carboxylic acids is 1. The Balaban J connectivity index is 2.19. The molecule has 1 amide bonds. The highest BCUT2D eigenvalue weighted by molar-refractivity contribution is 5.76. The van der Waals surface area contributed by atoms with Crippen LogP contribution in [0.15, 0.2) is 0 Å². The van der Waals surface area contributed by atoms with Gasteiger partial charge in [-0.3, -0.25) is 4.79 Å². The largest absolute Gasteiger partial charge is 0.394 e. The summed E-state index contributed by atoms with van der Waals surface area (Å²) >= 11 is 0. The molecule has 0 bridgehead atoms. The van der Waals surface area contributed by atoms with Gasteiger partial charge in [-0.15, -0.1) is 0 Å². The van der Waals surface area contributed by atoms with Crippen molar-refractivity contribution in [2.45, 2.75) is 332 Å². The lowest BCUT2D eigenvalue weighted by Gasteiger charge is -2.40. The number of nitrogens with one attached hydrogen (secondary N) is 1. The molecule has 1 fully saturated rings. The number of unbranched alkanes of at least 4 members (excludes halogenated alkanes) is 38. The first kappa shape index (κ1) is 62.2. The molecule has 1 aliphatic heterocycles. The zero-order valence-corrected chi connectivity index (χ0v) is 42.6.